The van der Waals surface area contributed by atoms with E-state index < -0.39 is 5.60 Å². The van der Waals surface area contributed by atoms with E-state index in [1.54, 1.807) is 17.5 Å². The van der Waals surface area contributed by atoms with Gasteiger partial charge in [-0.2, -0.15) is 0 Å². The predicted octanol–water partition coefficient (Wildman–Crippen LogP) is 5.66. The van der Waals surface area contributed by atoms with E-state index in [1.165, 1.54) is 11.1 Å². The van der Waals surface area contributed by atoms with E-state index in [-0.39, 0.29) is 6.04 Å². The summed E-state index contributed by atoms with van der Waals surface area (Å²) < 4.78 is 0. The highest BCUT2D eigenvalue weighted by Gasteiger charge is 2.37. The molecule has 35 heavy (non-hydrogen) atoms. The molecule has 0 radical (unpaired) electrons. The maximum Gasteiger partial charge on any atom is 0.223 e. The summed E-state index contributed by atoms with van der Waals surface area (Å²) >= 11 is 1.55. The van der Waals surface area contributed by atoms with Gasteiger partial charge < -0.3 is 15.3 Å². The molecule has 5 rings (SSSR count). The predicted molar refractivity (Wildman–Crippen MR) is 142 cm³/mol. The molecule has 2 N–H and O–H groups in total. The fourth-order valence-electron chi connectivity index (χ4n) is 4.46. The third kappa shape index (κ3) is 5.12. The number of hydrogen-bond donors (Lipinski definition) is 2. The first-order chi connectivity index (χ1) is 16.9. The summed E-state index contributed by atoms with van der Waals surface area (Å²) in [5, 5.41) is 15.7. The molecule has 0 aliphatic carbocycles. The largest absolute Gasteiger partial charge is 0.383 e. The minimum absolute atomic E-state index is 0.0691. The number of rotatable bonds is 6. The zero-order valence-corrected chi connectivity index (χ0v) is 21.2. The third-order valence-corrected chi connectivity index (χ3v) is 7.94. The van der Waals surface area contributed by atoms with Gasteiger partial charge in [0.2, 0.25) is 5.95 Å². The Morgan fingerprint density at radius 2 is 1.80 bits per heavy atom. The van der Waals surface area contributed by atoms with E-state index in [4.69, 9.17) is 9.97 Å². The average Bonchev–Trinajstić information content (AvgIpc) is 3.33. The van der Waals surface area contributed by atoms with Gasteiger partial charge in [0.05, 0.1) is 22.3 Å². The minimum Gasteiger partial charge on any atom is -0.383 e. The average molecular weight is 486 g/mol. The van der Waals surface area contributed by atoms with Gasteiger partial charge in [-0.15, -0.1) is 11.3 Å². The smallest absolute Gasteiger partial charge is 0.223 e. The summed E-state index contributed by atoms with van der Waals surface area (Å²) in [6.45, 7) is 5.89. The van der Waals surface area contributed by atoms with E-state index in [9.17, 15) is 5.11 Å². The van der Waals surface area contributed by atoms with Gasteiger partial charge in [0.25, 0.3) is 0 Å². The lowest BCUT2D eigenvalue weighted by atomic mass is 9.92. The van der Waals surface area contributed by atoms with Gasteiger partial charge in [0, 0.05) is 24.8 Å². The molecule has 1 unspecified atom stereocenters. The fraction of sp³-hybridized carbons (Fsp3) is 0.321. The second kappa shape index (κ2) is 9.85. The SMILES string of the molecule is Cc1cccc(-c2nc(C3(O)CCN(C)CC3)sc2-c2ccnc(NC(C)c3ccccc3)n2)c1. The lowest BCUT2D eigenvalue weighted by Gasteiger charge is -2.34. The van der Waals surface area contributed by atoms with E-state index in [0.29, 0.717) is 18.8 Å². The Balaban J connectivity index is 1.53. The molecule has 4 aromatic rings. The second-order valence-corrected chi connectivity index (χ2v) is 10.4. The van der Waals surface area contributed by atoms with Gasteiger partial charge in [-0.05, 0) is 51.4 Å². The van der Waals surface area contributed by atoms with Crippen molar-refractivity contribution in [3.8, 4) is 21.8 Å². The minimum atomic E-state index is -0.913. The van der Waals surface area contributed by atoms with Crippen LogP contribution in [-0.2, 0) is 5.60 Å². The van der Waals surface area contributed by atoms with Crippen molar-refractivity contribution in [1.29, 1.82) is 0 Å². The van der Waals surface area contributed by atoms with Crippen molar-refractivity contribution in [3.05, 3.63) is 83.0 Å². The van der Waals surface area contributed by atoms with Gasteiger partial charge in [0.1, 0.15) is 10.6 Å². The first-order valence-corrected chi connectivity index (χ1v) is 12.9. The molecular formula is C28H31N5OS. The molecule has 0 amide bonds. The van der Waals surface area contributed by atoms with Crippen molar-refractivity contribution < 1.29 is 5.11 Å². The van der Waals surface area contributed by atoms with Gasteiger partial charge in [0.15, 0.2) is 0 Å². The Morgan fingerprint density at radius 1 is 1.03 bits per heavy atom. The monoisotopic (exact) mass is 485 g/mol. The molecule has 2 aromatic carbocycles. The topological polar surface area (TPSA) is 74.2 Å². The van der Waals surface area contributed by atoms with Crippen molar-refractivity contribution >= 4 is 17.3 Å². The highest BCUT2D eigenvalue weighted by atomic mass is 32.1. The molecule has 7 heteroatoms. The summed E-state index contributed by atoms with van der Waals surface area (Å²) in [5.74, 6) is 0.571. The van der Waals surface area contributed by atoms with Gasteiger partial charge >= 0.3 is 0 Å². The molecule has 180 valence electrons. The molecule has 0 bridgehead atoms. The third-order valence-electron chi connectivity index (χ3n) is 6.66. The molecule has 2 aromatic heterocycles. The first-order valence-electron chi connectivity index (χ1n) is 12.1. The molecule has 0 saturated carbocycles. The summed E-state index contributed by atoms with van der Waals surface area (Å²) in [5.41, 5.74) is 4.13. The number of aromatic nitrogens is 3. The number of piperidine rings is 1. The maximum absolute atomic E-state index is 11.5. The van der Waals surface area contributed by atoms with Crippen LogP contribution in [0.2, 0.25) is 0 Å². The number of benzene rings is 2. The standard InChI is InChI=1S/C28H31N5OS/c1-19-8-7-11-22(18-19)24-25(35-26(32-24)28(34)13-16-33(3)17-14-28)23-12-15-29-27(31-23)30-20(2)21-9-5-4-6-10-21/h4-12,15,18,20,34H,13-14,16-17H2,1-3H3,(H,29,30,31). The Morgan fingerprint density at radius 3 is 2.54 bits per heavy atom. The Bertz CT molecular complexity index is 1300. The lowest BCUT2D eigenvalue weighted by molar-refractivity contribution is -0.0203. The molecule has 6 nitrogen and oxygen atoms in total. The van der Waals surface area contributed by atoms with Crippen LogP contribution in [0.4, 0.5) is 5.95 Å². The number of aliphatic hydroxyl groups is 1. The molecule has 1 saturated heterocycles. The number of aryl methyl sites for hydroxylation is 1. The van der Waals surface area contributed by atoms with Crippen LogP contribution in [0.5, 0.6) is 0 Å². The molecule has 0 spiro atoms. The number of likely N-dealkylation sites (tertiary alicyclic amines) is 1. The van der Waals surface area contributed by atoms with Crippen molar-refractivity contribution in [2.24, 2.45) is 0 Å². The summed E-state index contributed by atoms with van der Waals surface area (Å²) in [6, 6.07) is 20.6. The van der Waals surface area contributed by atoms with E-state index in [0.717, 1.165) is 39.9 Å². The molecular weight excluding hydrogens is 454 g/mol. The van der Waals surface area contributed by atoms with Crippen molar-refractivity contribution in [2.75, 3.05) is 25.5 Å². The van der Waals surface area contributed by atoms with Crippen LogP contribution >= 0.6 is 11.3 Å². The molecule has 3 heterocycles. The van der Waals surface area contributed by atoms with Gasteiger partial charge in [-0.3, -0.25) is 0 Å². The summed E-state index contributed by atoms with van der Waals surface area (Å²) in [6.07, 6.45) is 3.13. The van der Waals surface area contributed by atoms with Crippen LogP contribution in [-0.4, -0.2) is 45.1 Å². The lowest BCUT2D eigenvalue weighted by Crippen LogP contribution is -2.40. The first kappa shape index (κ1) is 23.6. The summed E-state index contributed by atoms with van der Waals surface area (Å²) in [4.78, 5) is 17.6. The number of nitrogens with zero attached hydrogens (tertiary/aromatic N) is 4. The number of thiazole rings is 1. The van der Waals surface area contributed by atoms with Crippen molar-refractivity contribution in [1.82, 2.24) is 19.9 Å². The van der Waals surface area contributed by atoms with E-state index >= 15 is 0 Å². The quantitative estimate of drug-likeness (QED) is 0.367. The van der Waals surface area contributed by atoms with Gasteiger partial charge in [-0.25, -0.2) is 15.0 Å². The molecule has 1 aliphatic heterocycles. The Hall–Kier alpha value is -3.13. The van der Waals surface area contributed by atoms with E-state index in [2.05, 4.69) is 66.4 Å². The fourth-order valence-corrected chi connectivity index (χ4v) is 5.66. The highest BCUT2D eigenvalue weighted by molar-refractivity contribution is 7.15. The van der Waals surface area contributed by atoms with Crippen LogP contribution < -0.4 is 5.32 Å². The zero-order valence-electron chi connectivity index (χ0n) is 20.4. The maximum atomic E-state index is 11.5. The Labute approximate surface area is 210 Å². The number of nitrogens with one attached hydrogen (secondary N) is 1. The van der Waals surface area contributed by atoms with Crippen LogP contribution in [0.1, 0.15) is 41.9 Å². The molecule has 1 fully saturated rings. The molecule has 1 aliphatic rings. The van der Waals surface area contributed by atoms with Crippen LogP contribution in [0, 0.1) is 6.92 Å². The normalized spacial score (nSPS) is 16.7. The molecule has 1 atom stereocenters. The highest BCUT2D eigenvalue weighted by Crippen LogP contribution is 2.43. The van der Waals surface area contributed by atoms with Crippen molar-refractivity contribution in [2.45, 2.75) is 38.3 Å². The Kier molecular flexibility index (Phi) is 6.65. The van der Waals surface area contributed by atoms with Crippen molar-refractivity contribution in [3.63, 3.8) is 0 Å². The van der Waals surface area contributed by atoms with Gasteiger partial charge in [-0.1, -0.05) is 54.1 Å². The second-order valence-electron chi connectivity index (χ2n) is 9.44. The zero-order chi connectivity index (χ0) is 24.4. The number of hydrogen-bond acceptors (Lipinski definition) is 7. The van der Waals surface area contributed by atoms with Crippen LogP contribution in [0.3, 0.4) is 0 Å². The number of anilines is 1. The van der Waals surface area contributed by atoms with E-state index in [1.807, 2.05) is 30.3 Å². The summed E-state index contributed by atoms with van der Waals surface area (Å²) in [7, 11) is 2.09. The van der Waals surface area contributed by atoms with Crippen LogP contribution in [0.25, 0.3) is 21.8 Å². The van der Waals surface area contributed by atoms with Crippen LogP contribution in [0.15, 0.2) is 66.9 Å².